The summed E-state index contributed by atoms with van der Waals surface area (Å²) in [4.78, 5) is 13.4. The van der Waals surface area contributed by atoms with Crippen molar-refractivity contribution in [3.8, 4) is 0 Å². The maximum Gasteiger partial charge on any atom is 0.321 e. The van der Waals surface area contributed by atoms with Crippen LogP contribution in [0.4, 0.5) is 4.79 Å². The number of rotatable bonds is 1. The van der Waals surface area contributed by atoms with E-state index < -0.39 is 9.84 Å². The molecule has 1 fully saturated rings. The molecule has 0 aromatic rings. The summed E-state index contributed by atoms with van der Waals surface area (Å²) in [6.45, 7) is 0.578. The Kier molecular flexibility index (Phi) is 3.51. The highest BCUT2D eigenvalue weighted by atomic mass is 32.2. The number of hydrogen-bond acceptors (Lipinski definition) is 3. The molecule has 94 valence electrons. The van der Waals surface area contributed by atoms with Gasteiger partial charge in [-0.3, -0.25) is 0 Å². The van der Waals surface area contributed by atoms with Crippen LogP contribution in [0.2, 0.25) is 0 Å². The van der Waals surface area contributed by atoms with Crippen LogP contribution < -0.4 is 5.32 Å². The van der Waals surface area contributed by atoms with E-state index in [0.29, 0.717) is 0 Å². The smallest absolute Gasteiger partial charge is 0.321 e. The number of carbonyl (C=O) groups is 1. The van der Waals surface area contributed by atoms with Gasteiger partial charge >= 0.3 is 6.03 Å². The largest absolute Gasteiger partial charge is 0.323 e. The van der Waals surface area contributed by atoms with Crippen LogP contribution in [-0.4, -0.2) is 43.9 Å². The first-order chi connectivity index (χ1) is 8.07. The minimum absolute atomic E-state index is 0.0688. The minimum atomic E-state index is -2.93. The van der Waals surface area contributed by atoms with E-state index in [2.05, 4.69) is 5.32 Å². The molecule has 0 radical (unpaired) electrons. The first-order valence-electron chi connectivity index (χ1n) is 5.69. The molecule has 0 saturated carbocycles. The van der Waals surface area contributed by atoms with Crippen molar-refractivity contribution in [1.29, 1.82) is 0 Å². The predicted molar refractivity (Wildman–Crippen MR) is 65.2 cm³/mol. The summed E-state index contributed by atoms with van der Waals surface area (Å²) in [5.41, 5.74) is 0.894. The Morgan fingerprint density at radius 1 is 1.29 bits per heavy atom. The third kappa shape index (κ3) is 3.33. The second-order valence-electron chi connectivity index (χ2n) is 4.23. The van der Waals surface area contributed by atoms with Gasteiger partial charge in [0.05, 0.1) is 11.5 Å². The molecule has 0 aromatic carbocycles. The molecular formula is C11H16N2O3S. The second kappa shape index (κ2) is 4.91. The Balaban J connectivity index is 1.89. The van der Waals surface area contributed by atoms with Crippen molar-refractivity contribution in [2.45, 2.75) is 12.8 Å². The highest BCUT2D eigenvalue weighted by Gasteiger charge is 2.25. The molecule has 2 amide bonds. The first-order valence-corrected chi connectivity index (χ1v) is 7.51. The molecule has 5 nitrogen and oxygen atoms in total. The molecule has 0 atom stereocenters. The van der Waals surface area contributed by atoms with E-state index in [1.807, 2.05) is 18.2 Å². The maximum atomic E-state index is 11.8. The minimum Gasteiger partial charge on any atom is -0.323 e. The fraction of sp³-hybridized carbons (Fsp3) is 0.545. The summed E-state index contributed by atoms with van der Waals surface area (Å²) >= 11 is 0. The van der Waals surface area contributed by atoms with E-state index in [4.69, 9.17) is 0 Å². The third-order valence-corrected chi connectivity index (χ3v) is 4.52. The van der Waals surface area contributed by atoms with Crippen molar-refractivity contribution in [3.05, 3.63) is 23.9 Å². The van der Waals surface area contributed by atoms with Gasteiger partial charge in [0.15, 0.2) is 9.84 Å². The molecule has 2 rings (SSSR count). The highest BCUT2D eigenvalue weighted by molar-refractivity contribution is 7.91. The molecule has 0 spiro atoms. The number of nitrogens with zero attached hydrogens (tertiary/aromatic N) is 1. The molecule has 0 unspecified atom stereocenters. The summed E-state index contributed by atoms with van der Waals surface area (Å²) in [6.07, 6.45) is 7.60. The Morgan fingerprint density at radius 3 is 2.59 bits per heavy atom. The average Bonchev–Trinajstić information content (AvgIpc) is 2.30. The Labute approximate surface area is 101 Å². The molecule has 2 aliphatic rings. The summed E-state index contributed by atoms with van der Waals surface area (Å²) in [5.74, 6) is 0.138. The van der Waals surface area contributed by atoms with Gasteiger partial charge in [-0.1, -0.05) is 12.2 Å². The Bertz CT molecular complexity index is 451. The Morgan fingerprint density at radius 2 is 2.00 bits per heavy atom. The highest BCUT2D eigenvalue weighted by Crippen LogP contribution is 2.10. The van der Waals surface area contributed by atoms with Crippen LogP contribution in [-0.2, 0) is 9.84 Å². The van der Waals surface area contributed by atoms with Gasteiger partial charge in [-0.2, -0.15) is 0 Å². The van der Waals surface area contributed by atoms with Gasteiger partial charge in [0.1, 0.15) is 0 Å². The van der Waals surface area contributed by atoms with E-state index in [0.717, 1.165) is 18.5 Å². The fourth-order valence-electron chi connectivity index (χ4n) is 1.84. The normalized spacial score (nSPS) is 23.1. The van der Waals surface area contributed by atoms with Crippen molar-refractivity contribution >= 4 is 15.9 Å². The maximum absolute atomic E-state index is 11.8. The van der Waals surface area contributed by atoms with Crippen molar-refractivity contribution in [2.75, 3.05) is 24.6 Å². The number of amides is 2. The second-order valence-corrected chi connectivity index (χ2v) is 6.53. The number of urea groups is 1. The average molecular weight is 256 g/mol. The van der Waals surface area contributed by atoms with Gasteiger partial charge in [0.25, 0.3) is 0 Å². The van der Waals surface area contributed by atoms with Crippen LogP contribution in [0.3, 0.4) is 0 Å². The van der Waals surface area contributed by atoms with E-state index >= 15 is 0 Å². The SMILES string of the molecule is O=C(NC1=CC=CCC1)N1CCS(=O)(=O)CC1. The van der Waals surface area contributed by atoms with Gasteiger partial charge in [0, 0.05) is 18.8 Å². The number of sulfone groups is 1. The summed E-state index contributed by atoms with van der Waals surface area (Å²) in [6, 6.07) is -0.193. The van der Waals surface area contributed by atoms with E-state index in [-0.39, 0.29) is 30.6 Å². The number of carbonyl (C=O) groups excluding carboxylic acids is 1. The zero-order valence-corrected chi connectivity index (χ0v) is 10.4. The molecule has 1 aliphatic carbocycles. The van der Waals surface area contributed by atoms with Gasteiger partial charge < -0.3 is 10.2 Å². The van der Waals surface area contributed by atoms with Crippen molar-refractivity contribution in [2.24, 2.45) is 0 Å². The lowest BCUT2D eigenvalue weighted by Crippen LogP contribution is -2.47. The van der Waals surface area contributed by atoms with Crippen LogP contribution in [0, 0.1) is 0 Å². The Hall–Kier alpha value is -1.30. The van der Waals surface area contributed by atoms with Gasteiger partial charge in [-0.15, -0.1) is 0 Å². The molecule has 17 heavy (non-hydrogen) atoms. The topological polar surface area (TPSA) is 66.5 Å². The predicted octanol–water partition coefficient (Wildman–Crippen LogP) is 0.660. The monoisotopic (exact) mass is 256 g/mol. The lowest BCUT2D eigenvalue weighted by Gasteiger charge is -2.27. The van der Waals surface area contributed by atoms with Gasteiger partial charge in [-0.05, 0) is 18.9 Å². The van der Waals surface area contributed by atoms with Crippen LogP contribution in [0.15, 0.2) is 23.9 Å². The number of allylic oxidation sites excluding steroid dienone is 4. The van der Waals surface area contributed by atoms with Crippen molar-refractivity contribution < 1.29 is 13.2 Å². The molecular weight excluding hydrogens is 240 g/mol. The van der Waals surface area contributed by atoms with E-state index in [1.165, 1.54) is 0 Å². The van der Waals surface area contributed by atoms with Gasteiger partial charge in [-0.25, -0.2) is 13.2 Å². The molecule has 0 aromatic heterocycles. The standard InChI is InChI=1S/C11H16N2O3S/c14-11(12-10-4-2-1-3-5-10)13-6-8-17(15,16)9-7-13/h1-2,4H,3,5-9H2,(H,12,14). The van der Waals surface area contributed by atoms with Gasteiger partial charge in [0.2, 0.25) is 0 Å². The quantitative estimate of drug-likeness (QED) is 0.749. The first kappa shape index (κ1) is 12.2. The zero-order chi connectivity index (χ0) is 12.3. The van der Waals surface area contributed by atoms with Crippen molar-refractivity contribution in [3.63, 3.8) is 0 Å². The summed E-state index contributed by atoms with van der Waals surface area (Å²) in [7, 11) is -2.93. The lowest BCUT2D eigenvalue weighted by molar-refractivity contribution is 0.204. The van der Waals surface area contributed by atoms with Crippen molar-refractivity contribution in [1.82, 2.24) is 10.2 Å². The molecule has 0 bridgehead atoms. The molecule has 1 heterocycles. The molecule has 1 N–H and O–H groups in total. The zero-order valence-electron chi connectivity index (χ0n) is 9.55. The summed E-state index contributed by atoms with van der Waals surface area (Å²) < 4.78 is 22.5. The number of nitrogens with one attached hydrogen (secondary N) is 1. The van der Waals surface area contributed by atoms with Crippen LogP contribution in [0.1, 0.15) is 12.8 Å². The van der Waals surface area contributed by atoms with E-state index in [1.54, 1.807) is 4.90 Å². The van der Waals surface area contributed by atoms with Crippen LogP contribution in [0.5, 0.6) is 0 Å². The molecule has 1 aliphatic heterocycles. The fourth-order valence-corrected chi connectivity index (χ4v) is 3.04. The third-order valence-electron chi connectivity index (χ3n) is 2.91. The lowest BCUT2D eigenvalue weighted by atomic mass is 10.1. The molecule has 1 saturated heterocycles. The molecule has 6 heteroatoms. The summed E-state index contributed by atoms with van der Waals surface area (Å²) in [5, 5.41) is 2.82. The van der Waals surface area contributed by atoms with Crippen LogP contribution >= 0.6 is 0 Å². The van der Waals surface area contributed by atoms with E-state index in [9.17, 15) is 13.2 Å². The van der Waals surface area contributed by atoms with Crippen LogP contribution in [0.25, 0.3) is 0 Å². The number of hydrogen-bond donors (Lipinski definition) is 1.